The van der Waals surface area contributed by atoms with E-state index in [-0.39, 0.29) is 0 Å². The Hall–Kier alpha value is -1.00. The van der Waals surface area contributed by atoms with Crippen molar-refractivity contribution in [1.29, 1.82) is 0 Å². The van der Waals surface area contributed by atoms with Gasteiger partial charge in [-0.05, 0) is 38.8 Å². The third-order valence-corrected chi connectivity index (χ3v) is 5.06. The van der Waals surface area contributed by atoms with E-state index in [2.05, 4.69) is 41.9 Å². The average Bonchev–Trinajstić information content (AvgIpc) is 2.88. The van der Waals surface area contributed by atoms with Crippen LogP contribution >= 0.6 is 0 Å². The molecule has 1 aromatic heterocycles. The molecule has 0 amide bonds. The first-order valence-corrected chi connectivity index (χ1v) is 8.88. The number of piperidine rings is 1. The largest absolute Gasteiger partial charge is 0.303 e. The number of aromatic nitrogens is 2. The molecule has 1 saturated heterocycles. The summed E-state index contributed by atoms with van der Waals surface area (Å²) in [6, 6.07) is 0.778. The van der Waals surface area contributed by atoms with Gasteiger partial charge in [0.15, 0.2) is 0 Å². The maximum absolute atomic E-state index is 4.79. The van der Waals surface area contributed by atoms with E-state index < -0.39 is 0 Å². The Labute approximate surface area is 134 Å². The van der Waals surface area contributed by atoms with Crippen molar-refractivity contribution >= 4 is 0 Å². The van der Waals surface area contributed by atoms with Crippen molar-refractivity contribution in [2.45, 2.75) is 65.1 Å². The smallest absolute Gasteiger partial charge is 0.128 e. The van der Waals surface area contributed by atoms with Gasteiger partial charge in [-0.25, -0.2) is 9.97 Å². The fraction of sp³-hybridized carbons (Fsp3) is 0.778. The second-order valence-electron chi connectivity index (χ2n) is 7.49. The molecule has 122 valence electrons. The third kappa shape index (κ3) is 3.85. The molecule has 2 aliphatic heterocycles. The van der Waals surface area contributed by atoms with Gasteiger partial charge in [0.1, 0.15) is 5.82 Å². The number of rotatable bonds is 5. The molecule has 2 aliphatic rings. The minimum atomic E-state index is 0.623. The summed E-state index contributed by atoms with van der Waals surface area (Å²) in [6.07, 6.45) is 8.48. The first-order valence-electron chi connectivity index (χ1n) is 8.88. The first-order chi connectivity index (χ1) is 10.6. The molecular weight excluding hydrogens is 272 g/mol. The van der Waals surface area contributed by atoms with Crippen LogP contribution in [-0.4, -0.2) is 45.9 Å². The van der Waals surface area contributed by atoms with Crippen LogP contribution in [0.1, 0.15) is 56.6 Å². The van der Waals surface area contributed by atoms with Crippen LogP contribution in [0.15, 0.2) is 6.20 Å². The number of hydrogen-bond donors (Lipinski definition) is 0. The Morgan fingerprint density at radius 2 is 2.14 bits per heavy atom. The number of fused-ring (bicyclic) bond motifs is 1. The van der Waals surface area contributed by atoms with E-state index in [0.29, 0.717) is 5.92 Å². The van der Waals surface area contributed by atoms with E-state index in [4.69, 9.17) is 4.98 Å². The molecule has 1 unspecified atom stereocenters. The van der Waals surface area contributed by atoms with E-state index in [1.807, 2.05) is 0 Å². The molecule has 3 heterocycles. The maximum atomic E-state index is 4.79. The fourth-order valence-electron chi connectivity index (χ4n) is 3.72. The van der Waals surface area contributed by atoms with Gasteiger partial charge in [0.05, 0.1) is 5.69 Å². The standard InChI is InChI=1S/C18H30N4/c1-14(2)10-18-19-11-15-12-22(13-17(15)20-18)9-7-16-6-4-5-8-21(16)3/h11,14,16H,4-10,12-13H2,1-3H3. The summed E-state index contributed by atoms with van der Waals surface area (Å²) in [5.74, 6) is 1.64. The summed E-state index contributed by atoms with van der Waals surface area (Å²) in [5, 5.41) is 0. The highest BCUT2D eigenvalue weighted by molar-refractivity contribution is 5.21. The van der Waals surface area contributed by atoms with E-state index in [1.54, 1.807) is 0 Å². The highest BCUT2D eigenvalue weighted by Crippen LogP contribution is 2.23. The van der Waals surface area contributed by atoms with Crippen molar-refractivity contribution in [3.63, 3.8) is 0 Å². The monoisotopic (exact) mass is 302 g/mol. The lowest BCUT2D eigenvalue weighted by molar-refractivity contribution is 0.153. The third-order valence-electron chi connectivity index (χ3n) is 5.06. The van der Waals surface area contributed by atoms with Gasteiger partial charge in [-0.15, -0.1) is 0 Å². The van der Waals surface area contributed by atoms with Crippen molar-refractivity contribution in [3.8, 4) is 0 Å². The lowest BCUT2D eigenvalue weighted by Gasteiger charge is -2.33. The van der Waals surface area contributed by atoms with Gasteiger partial charge in [0.2, 0.25) is 0 Å². The zero-order valence-electron chi connectivity index (χ0n) is 14.4. The molecule has 0 N–H and O–H groups in total. The van der Waals surface area contributed by atoms with Crippen molar-refractivity contribution in [3.05, 3.63) is 23.3 Å². The number of likely N-dealkylation sites (tertiary alicyclic amines) is 1. The van der Waals surface area contributed by atoms with E-state index in [1.165, 1.54) is 50.0 Å². The zero-order chi connectivity index (χ0) is 15.5. The molecule has 1 aromatic rings. The summed E-state index contributed by atoms with van der Waals surface area (Å²) in [6.45, 7) is 8.96. The summed E-state index contributed by atoms with van der Waals surface area (Å²) in [5.41, 5.74) is 2.60. The molecule has 3 rings (SSSR count). The molecule has 0 aromatic carbocycles. The van der Waals surface area contributed by atoms with Gasteiger partial charge >= 0.3 is 0 Å². The average molecular weight is 302 g/mol. The Kier molecular flexibility index (Phi) is 5.09. The Balaban J connectivity index is 1.53. The van der Waals surface area contributed by atoms with Crippen molar-refractivity contribution in [2.75, 3.05) is 20.1 Å². The molecule has 22 heavy (non-hydrogen) atoms. The van der Waals surface area contributed by atoms with Crippen LogP contribution in [0.4, 0.5) is 0 Å². The van der Waals surface area contributed by atoms with Gasteiger partial charge in [-0.2, -0.15) is 0 Å². The lowest BCUT2D eigenvalue weighted by Crippen LogP contribution is -2.38. The van der Waals surface area contributed by atoms with Gasteiger partial charge in [0.25, 0.3) is 0 Å². The zero-order valence-corrected chi connectivity index (χ0v) is 14.4. The minimum Gasteiger partial charge on any atom is -0.303 e. The van der Waals surface area contributed by atoms with Crippen LogP contribution in [0.5, 0.6) is 0 Å². The SMILES string of the molecule is CC(C)Cc1ncc2c(n1)CN(CCC1CCCCN1C)C2. The number of nitrogens with zero attached hydrogens (tertiary/aromatic N) is 4. The highest BCUT2D eigenvalue weighted by Gasteiger charge is 2.24. The summed E-state index contributed by atoms with van der Waals surface area (Å²) < 4.78 is 0. The van der Waals surface area contributed by atoms with E-state index in [9.17, 15) is 0 Å². The molecule has 0 saturated carbocycles. The number of hydrogen-bond acceptors (Lipinski definition) is 4. The van der Waals surface area contributed by atoms with Crippen molar-refractivity contribution in [1.82, 2.24) is 19.8 Å². The predicted molar refractivity (Wildman–Crippen MR) is 89.6 cm³/mol. The van der Waals surface area contributed by atoms with Gasteiger partial charge in [0, 0.05) is 43.9 Å². The topological polar surface area (TPSA) is 32.3 Å². The molecule has 1 atom stereocenters. The minimum absolute atomic E-state index is 0.623. The van der Waals surface area contributed by atoms with Crippen LogP contribution in [0.2, 0.25) is 0 Å². The Morgan fingerprint density at radius 3 is 2.91 bits per heavy atom. The quantitative estimate of drug-likeness (QED) is 0.837. The molecule has 0 spiro atoms. The van der Waals surface area contributed by atoms with E-state index >= 15 is 0 Å². The molecule has 0 bridgehead atoms. The van der Waals surface area contributed by atoms with Crippen molar-refractivity contribution in [2.24, 2.45) is 5.92 Å². The highest BCUT2D eigenvalue weighted by atomic mass is 15.2. The Morgan fingerprint density at radius 1 is 1.27 bits per heavy atom. The fourth-order valence-corrected chi connectivity index (χ4v) is 3.72. The molecule has 4 heteroatoms. The summed E-state index contributed by atoms with van der Waals surface area (Å²) in [4.78, 5) is 14.4. The van der Waals surface area contributed by atoms with Gasteiger partial charge < -0.3 is 4.90 Å². The van der Waals surface area contributed by atoms with Crippen LogP contribution < -0.4 is 0 Å². The summed E-state index contributed by atoms with van der Waals surface area (Å²) >= 11 is 0. The molecule has 0 aliphatic carbocycles. The van der Waals surface area contributed by atoms with E-state index in [0.717, 1.165) is 31.4 Å². The molecular formula is C18H30N4. The molecule has 0 radical (unpaired) electrons. The normalized spacial score (nSPS) is 23.2. The second-order valence-corrected chi connectivity index (χ2v) is 7.49. The second kappa shape index (κ2) is 7.05. The molecule has 1 fully saturated rings. The first kappa shape index (κ1) is 15.9. The molecule has 4 nitrogen and oxygen atoms in total. The predicted octanol–water partition coefficient (Wildman–Crippen LogP) is 2.87. The van der Waals surface area contributed by atoms with Crippen LogP contribution in [-0.2, 0) is 19.5 Å². The van der Waals surface area contributed by atoms with Gasteiger partial charge in [-0.3, -0.25) is 4.90 Å². The van der Waals surface area contributed by atoms with Crippen LogP contribution in [0.25, 0.3) is 0 Å². The maximum Gasteiger partial charge on any atom is 0.128 e. The summed E-state index contributed by atoms with van der Waals surface area (Å²) in [7, 11) is 2.28. The van der Waals surface area contributed by atoms with Crippen LogP contribution in [0.3, 0.4) is 0 Å². The Bertz CT molecular complexity index is 500. The van der Waals surface area contributed by atoms with Crippen LogP contribution in [0, 0.1) is 5.92 Å². The van der Waals surface area contributed by atoms with Crippen molar-refractivity contribution < 1.29 is 0 Å². The van der Waals surface area contributed by atoms with Gasteiger partial charge in [-0.1, -0.05) is 20.3 Å². The lowest BCUT2D eigenvalue weighted by atomic mass is 10.00.